The SMILES string of the molecule is COc1cc2nc(NCCC(=O)O)[nH]c2cc1OC. The van der Waals surface area contributed by atoms with Crippen molar-refractivity contribution in [3.8, 4) is 11.5 Å². The molecule has 7 heteroatoms. The lowest BCUT2D eigenvalue weighted by Gasteiger charge is -2.06. The van der Waals surface area contributed by atoms with Gasteiger partial charge in [-0.05, 0) is 0 Å². The van der Waals surface area contributed by atoms with Gasteiger partial charge in [0.25, 0.3) is 0 Å². The number of methoxy groups -OCH3 is 2. The van der Waals surface area contributed by atoms with Gasteiger partial charge in [0.1, 0.15) is 0 Å². The summed E-state index contributed by atoms with van der Waals surface area (Å²) in [5.41, 5.74) is 1.51. The zero-order valence-electron chi connectivity index (χ0n) is 10.7. The third kappa shape index (κ3) is 2.87. The number of benzene rings is 1. The van der Waals surface area contributed by atoms with Crippen LogP contribution in [0.1, 0.15) is 6.42 Å². The van der Waals surface area contributed by atoms with Crippen LogP contribution in [0, 0.1) is 0 Å². The van der Waals surface area contributed by atoms with E-state index in [9.17, 15) is 4.79 Å². The van der Waals surface area contributed by atoms with Gasteiger partial charge in [-0.3, -0.25) is 4.79 Å². The zero-order valence-corrected chi connectivity index (χ0v) is 10.7. The molecule has 1 aromatic carbocycles. The first-order chi connectivity index (χ1) is 9.13. The van der Waals surface area contributed by atoms with Crippen molar-refractivity contribution in [1.82, 2.24) is 9.97 Å². The van der Waals surface area contributed by atoms with Crippen LogP contribution in [0.4, 0.5) is 5.95 Å². The van der Waals surface area contributed by atoms with Crippen LogP contribution in [0.3, 0.4) is 0 Å². The molecule has 1 aromatic heterocycles. The van der Waals surface area contributed by atoms with Crippen LogP contribution in [0.2, 0.25) is 0 Å². The third-order valence-electron chi connectivity index (χ3n) is 2.62. The van der Waals surface area contributed by atoms with Crippen LogP contribution in [0.25, 0.3) is 11.0 Å². The summed E-state index contributed by atoms with van der Waals surface area (Å²) in [5, 5.41) is 11.5. The Labute approximate surface area is 109 Å². The van der Waals surface area contributed by atoms with Gasteiger partial charge in [-0.2, -0.15) is 0 Å². The fraction of sp³-hybridized carbons (Fsp3) is 0.333. The maximum Gasteiger partial charge on any atom is 0.305 e. The fourth-order valence-electron chi connectivity index (χ4n) is 1.71. The number of hydrogen-bond acceptors (Lipinski definition) is 5. The average molecular weight is 265 g/mol. The Morgan fingerprint density at radius 2 is 2.05 bits per heavy atom. The van der Waals surface area contributed by atoms with Gasteiger partial charge in [0.2, 0.25) is 5.95 Å². The second-order valence-electron chi connectivity index (χ2n) is 3.88. The predicted molar refractivity (Wildman–Crippen MR) is 69.9 cm³/mol. The summed E-state index contributed by atoms with van der Waals surface area (Å²) in [5.74, 6) is 0.868. The average Bonchev–Trinajstić information content (AvgIpc) is 2.77. The Kier molecular flexibility index (Phi) is 3.74. The van der Waals surface area contributed by atoms with Crippen molar-refractivity contribution < 1.29 is 19.4 Å². The molecular weight excluding hydrogens is 250 g/mol. The third-order valence-corrected chi connectivity index (χ3v) is 2.62. The first kappa shape index (κ1) is 13.0. The Morgan fingerprint density at radius 1 is 1.37 bits per heavy atom. The molecule has 0 radical (unpaired) electrons. The number of nitrogens with zero attached hydrogens (tertiary/aromatic N) is 1. The predicted octanol–water partition coefficient (Wildman–Crippen LogP) is 1.47. The lowest BCUT2D eigenvalue weighted by Crippen LogP contribution is -2.08. The van der Waals surface area contributed by atoms with E-state index >= 15 is 0 Å². The Bertz CT molecular complexity index is 553. The van der Waals surface area contributed by atoms with E-state index in [1.54, 1.807) is 26.4 Å². The van der Waals surface area contributed by atoms with Crippen LogP contribution >= 0.6 is 0 Å². The van der Waals surface area contributed by atoms with E-state index in [0.29, 0.717) is 24.0 Å². The second kappa shape index (κ2) is 5.47. The Hall–Kier alpha value is -2.44. The number of aromatic nitrogens is 2. The largest absolute Gasteiger partial charge is 0.493 e. The van der Waals surface area contributed by atoms with Gasteiger partial charge < -0.3 is 24.9 Å². The summed E-state index contributed by atoms with van der Waals surface area (Å²) in [6.07, 6.45) is 0.0314. The van der Waals surface area contributed by atoms with E-state index in [-0.39, 0.29) is 6.42 Å². The molecule has 2 rings (SSSR count). The highest BCUT2D eigenvalue weighted by atomic mass is 16.5. The molecule has 0 unspecified atom stereocenters. The Balaban J connectivity index is 2.22. The number of carboxylic acid groups (broad SMARTS) is 1. The van der Waals surface area contributed by atoms with E-state index < -0.39 is 5.97 Å². The molecule has 102 valence electrons. The van der Waals surface area contributed by atoms with Crippen molar-refractivity contribution in [1.29, 1.82) is 0 Å². The number of imidazole rings is 1. The van der Waals surface area contributed by atoms with Gasteiger partial charge in [-0.25, -0.2) is 4.98 Å². The second-order valence-corrected chi connectivity index (χ2v) is 3.88. The number of ether oxygens (including phenoxy) is 2. The molecule has 0 aliphatic heterocycles. The molecule has 0 atom stereocenters. The van der Waals surface area contributed by atoms with Crippen molar-refractivity contribution >= 4 is 23.0 Å². The zero-order chi connectivity index (χ0) is 13.8. The van der Waals surface area contributed by atoms with Crippen molar-refractivity contribution in [3.63, 3.8) is 0 Å². The Morgan fingerprint density at radius 3 is 2.68 bits per heavy atom. The molecule has 0 aliphatic rings. The summed E-state index contributed by atoms with van der Waals surface area (Å²) < 4.78 is 10.4. The molecular formula is C12H15N3O4. The maximum atomic E-state index is 10.4. The number of H-pyrrole nitrogens is 1. The number of hydrogen-bond donors (Lipinski definition) is 3. The molecule has 3 N–H and O–H groups in total. The van der Waals surface area contributed by atoms with Crippen LogP contribution in [-0.4, -0.2) is 41.8 Å². The van der Waals surface area contributed by atoms with E-state index in [1.807, 2.05) is 0 Å². The number of carboxylic acids is 1. The normalized spacial score (nSPS) is 10.4. The van der Waals surface area contributed by atoms with Crippen LogP contribution in [0.5, 0.6) is 11.5 Å². The van der Waals surface area contributed by atoms with E-state index in [1.165, 1.54) is 0 Å². The van der Waals surface area contributed by atoms with Gasteiger partial charge in [0.15, 0.2) is 11.5 Å². The fourth-order valence-corrected chi connectivity index (χ4v) is 1.71. The first-order valence-electron chi connectivity index (χ1n) is 5.71. The molecule has 0 amide bonds. The maximum absolute atomic E-state index is 10.4. The van der Waals surface area contributed by atoms with Crippen molar-refractivity contribution in [3.05, 3.63) is 12.1 Å². The van der Waals surface area contributed by atoms with Crippen molar-refractivity contribution in [2.24, 2.45) is 0 Å². The van der Waals surface area contributed by atoms with Crippen molar-refractivity contribution in [2.75, 3.05) is 26.1 Å². The molecule has 19 heavy (non-hydrogen) atoms. The molecule has 0 aliphatic carbocycles. The molecule has 0 bridgehead atoms. The van der Waals surface area contributed by atoms with Crippen LogP contribution < -0.4 is 14.8 Å². The molecule has 7 nitrogen and oxygen atoms in total. The van der Waals surface area contributed by atoms with Gasteiger partial charge in [0, 0.05) is 18.7 Å². The minimum absolute atomic E-state index is 0.0314. The summed E-state index contributed by atoms with van der Waals surface area (Å²) >= 11 is 0. The van der Waals surface area contributed by atoms with Gasteiger partial charge in [0.05, 0.1) is 31.7 Å². The highest BCUT2D eigenvalue weighted by Gasteiger charge is 2.09. The molecule has 0 spiro atoms. The lowest BCUT2D eigenvalue weighted by atomic mass is 10.3. The smallest absolute Gasteiger partial charge is 0.305 e. The van der Waals surface area contributed by atoms with E-state index in [2.05, 4.69) is 15.3 Å². The minimum atomic E-state index is -0.855. The summed E-state index contributed by atoms with van der Waals surface area (Å²) in [6.45, 7) is 0.309. The number of carbonyl (C=O) groups is 1. The van der Waals surface area contributed by atoms with Crippen LogP contribution in [0.15, 0.2) is 12.1 Å². The van der Waals surface area contributed by atoms with Gasteiger partial charge in [-0.1, -0.05) is 0 Å². The van der Waals surface area contributed by atoms with Gasteiger partial charge >= 0.3 is 5.97 Å². The first-order valence-corrected chi connectivity index (χ1v) is 5.71. The van der Waals surface area contributed by atoms with E-state index in [0.717, 1.165) is 11.0 Å². The highest BCUT2D eigenvalue weighted by Crippen LogP contribution is 2.31. The number of fused-ring (bicyclic) bond motifs is 1. The van der Waals surface area contributed by atoms with Crippen LogP contribution in [-0.2, 0) is 4.79 Å². The monoisotopic (exact) mass is 265 g/mol. The molecule has 0 saturated carbocycles. The number of anilines is 1. The number of aliphatic carboxylic acids is 1. The molecule has 1 heterocycles. The molecule has 0 fully saturated rings. The van der Waals surface area contributed by atoms with Gasteiger partial charge in [-0.15, -0.1) is 0 Å². The number of rotatable bonds is 6. The molecule has 0 saturated heterocycles. The quantitative estimate of drug-likeness (QED) is 0.731. The molecule has 2 aromatic rings. The minimum Gasteiger partial charge on any atom is -0.493 e. The standard InChI is InChI=1S/C12H15N3O4/c1-18-9-5-7-8(6-10(9)19-2)15-12(14-7)13-4-3-11(16)17/h5-6H,3-4H2,1-2H3,(H,16,17)(H2,13,14,15). The summed E-state index contributed by atoms with van der Waals surface area (Å²) in [6, 6.07) is 3.54. The van der Waals surface area contributed by atoms with Crippen molar-refractivity contribution in [2.45, 2.75) is 6.42 Å². The van der Waals surface area contributed by atoms with E-state index in [4.69, 9.17) is 14.6 Å². The topological polar surface area (TPSA) is 96.5 Å². The summed E-state index contributed by atoms with van der Waals surface area (Å²) in [4.78, 5) is 17.8. The lowest BCUT2D eigenvalue weighted by molar-refractivity contribution is -0.136. The summed E-state index contributed by atoms with van der Waals surface area (Å²) in [7, 11) is 3.12. The number of aromatic amines is 1. The highest BCUT2D eigenvalue weighted by molar-refractivity contribution is 5.81. The number of nitrogens with one attached hydrogen (secondary N) is 2.